The third-order valence-electron chi connectivity index (χ3n) is 4.22. The standard InChI is InChI=1S/C14H29N/c1-4-6-7-12(5-2)10-13-8-9-14(13)11-15-3/h12-15H,4-11H2,1-3H3. The number of unbranched alkanes of at least 4 members (excludes halogenated alkanes) is 1. The monoisotopic (exact) mass is 211 g/mol. The maximum absolute atomic E-state index is 3.33. The number of hydrogen-bond acceptors (Lipinski definition) is 1. The molecule has 0 heterocycles. The van der Waals surface area contributed by atoms with Crippen LogP contribution in [0.2, 0.25) is 0 Å². The molecule has 0 radical (unpaired) electrons. The summed E-state index contributed by atoms with van der Waals surface area (Å²) in [6.07, 6.45) is 10.1. The molecular weight excluding hydrogens is 182 g/mol. The second-order valence-corrected chi connectivity index (χ2v) is 5.31. The Hall–Kier alpha value is -0.0400. The average molecular weight is 211 g/mol. The van der Waals surface area contributed by atoms with Gasteiger partial charge in [-0.15, -0.1) is 0 Å². The first-order chi connectivity index (χ1) is 7.31. The number of rotatable bonds is 8. The lowest BCUT2D eigenvalue weighted by Gasteiger charge is -2.38. The minimum atomic E-state index is 0.991. The van der Waals surface area contributed by atoms with E-state index in [1.165, 1.54) is 51.5 Å². The molecule has 1 saturated carbocycles. The SMILES string of the molecule is CCCCC(CC)CC1CCC1CNC. The van der Waals surface area contributed by atoms with Crippen molar-refractivity contribution in [2.75, 3.05) is 13.6 Å². The van der Waals surface area contributed by atoms with Gasteiger partial charge in [0.1, 0.15) is 0 Å². The highest BCUT2D eigenvalue weighted by molar-refractivity contribution is 4.83. The van der Waals surface area contributed by atoms with E-state index < -0.39 is 0 Å². The van der Waals surface area contributed by atoms with Crippen LogP contribution in [0.15, 0.2) is 0 Å². The lowest BCUT2D eigenvalue weighted by atomic mass is 9.68. The van der Waals surface area contributed by atoms with Gasteiger partial charge >= 0.3 is 0 Å². The van der Waals surface area contributed by atoms with Crippen molar-refractivity contribution in [3.8, 4) is 0 Å². The summed E-state index contributed by atoms with van der Waals surface area (Å²) in [7, 11) is 2.09. The van der Waals surface area contributed by atoms with E-state index in [-0.39, 0.29) is 0 Å². The molecule has 0 spiro atoms. The summed E-state index contributed by atoms with van der Waals surface area (Å²) < 4.78 is 0. The molecule has 90 valence electrons. The fourth-order valence-electron chi connectivity index (χ4n) is 2.89. The molecule has 15 heavy (non-hydrogen) atoms. The van der Waals surface area contributed by atoms with Crippen molar-refractivity contribution >= 4 is 0 Å². The van der Waals surface area contributed by atoms with E-state index in [1.807, 2.05) is 0 Å². The summed E-state index contributed by atoms with van der Waals surface area (Å²) in [5.41, 5.74) is 0. The Morgan fingerprint density at radius 1 is 1.20 bits per heavy atom. The third kappa shape index (κ3) is 4.14. The van der Waals surface area contributed by atoms with Crippen LogP contribution in [0.1, 0.15) is 58.8 Å². The molecule has 0 saturated heterocycles. The van der Waals surface area contributed by atoms with Crippen molar-refractivity contribution in [1.29, 1.82) is 0 Å². The molecule has 1 aliphatic rings. The molecule has 3 unspecified atom stereocenters. The van der Waals surface area contributed by atoms with Gasteiger partial charge in [-0.2, -0.15) is 0 Å². The van der Waals surface area contributed by atoms with Gasteiger partial charge < -0.3 is 5.32 Å². The Morgan fingerprint density at radius 3 is 2.40 bits per heavy atom. The second-order valence-electron chi connectivity index (χ2n) is 5.31. The van der Waals surface area contributed by atoms with Gasteiger partial charge in [-0.1, -0.05) is 39.5 Å². The molecule has 1 heteroatoms. The first kappa shape index (κ1) is 13.0. The van der Waals surface area contributed by atoms with Gasteiger partial charge in [0.25, 0.3) is 0 Å². The van der Waals surface area contributed by atoms with Crippen LogP contribution < -0.4 is 5.32 Å². The van der Waals surface area contributed by atoms with E-state index in [0.29, 0.717) is 0 Å². The van der Waals surface area contributed by atoms with E-state index in [4.69, 9.17) is 0 Å². The van der Waals surface area contributed by atoms with Gasteiger partial charge in [0.05, 0.1) is 0 Å². The maximum atomic E-state index is 3.33. The summed E-state index contributed by atoms with van der Waals surface area (Å²) in [4.78, 5) is 0. The van der Waals surface area contributed by atoms with E-state index in [1.54, 1.807) is 0 Å². The van der Waals surface area contributed by atoms with Crippen LogP contribution in [0.25, 0.3) is 0 Å². The van der Waals surface area contributed by atoms with Crippen molar-refractivity contribution in [3.63, 3.8) is 0 Å². The lowest BCUT2D eigenvalue weighted by Crippen LogP contribution is -2.35. The first-order valence-electron chi connectivity index (χ1n) is 6.96. The summed E-state index contributed by atoms with van der Waals surface area (Å²) in [6, 6.07) is 0. The van der Waals surface area contributed by atoms with Crippen molar-refractivity contribution in [2.24, 2.45) is 17.8 Å². The van der Waals surface area contributed by atoms with Crippen molar-refractivity contribution in [3.05, 3.63) is 0 Å². The molecule has 0 aromatic rings. The Kier molecular flexibility index (Phi) is 6.31. The van der Waals surface area contributed by atoms with E-state index in [0.717, 1.165) is 17.8 Å². The molecule has 0 bridgehead atoms. The summed E-state index contributed by atoms with van der Waals surface area (Å²) in [6.45, 7) is 5.92. The molecule has 1 aliphatic carbocycles. The fraction of sp³-hybridized carbons (Fsp3) is 1.00. The highest BCUT2D eigenvalue weighted by Crippen LogP contribution is 2.39. The molecule has 1 N–H and O–H groups in total. The molecule has 0 amide bonds. The van der Waals surface area contributed by atoms with Crippen LogP contribution >= 0.6 is 0 Å². The predicted molar refractivity (Wildman–Crippen MR) is 68.1 cm³/mol. The maximum Gasteiger partial charge on any atom is -0.00209 e. The summed E-state index contributed by atoms with van der Waals surface area (Å²) in [5.74, 6) is 3.04. The second kappa shape index (κ2) is 7.27. The zero-order valence-corrected chi connectivity index (χ0v) is 10.9. The molecule has 0 aromatic carbocycles. The van der Waals surface area contributed by atoms with E-state index >= 15 is 0 Å². The highest BCUT2D eigenvalue weighted by atomic mass is 14.8. The Morgan fingerprint density at radius 2 is 1.93 bits per heavy atom. The van der Waals surface area contributed by atoms with Gasteiger partial charge in [-0.3, -0.25) is 0 Å². The molecule has 1 fully saturated rings. The normalized spacial score (nSPS) is 27.4. The third-order valence-corrected chi connectivity index (χ3v) is 4.22. The van der Waals surface area contributed by atoms with Gasteiger partial charge in [-0.05, 0) is 50.6 Å². The molecule has 1 rings (SSSR count). The smallest absolute Gasteiger partial charge is 0.00209 e. The lowest BCUT2D eigenvalue weighted by molar-refractivity contribution is 0.135. The van der Waals surface area contributed by atoms with Crippen LogP contribution in [0.5, 0.6) is 0 Å². The van der Waals surface area contributed by atoms with Gasteiger partial charge in [-0.25, -0.2) is 0 Å². The van der Waals surface area contributed by atoms with Crippen LogP contribution in [0.4, 0.5) is 0 Å². The molecule has 0 aliphatic heterocycles. The Balaban J connectivity index is 2.19. The van der Waals surface area contributed by atoms with E-state index in [2.05, 4.69) is 26.2 Å². The topological polar surface area (TPSA) is 12.0 Å². The van der Waals surface area contributed by atoms with Gasteiger partial charge in [0, 0.05) is 0 Å². The average Bonchev–Trinajstić information content (AvgIpc) is 2.24. The highest BCUT2D eigenvalue weighted by Gasteiger charge is 2.31. The Labute approximate surface area is 96.0 Å². The zero-order chi connectivity index (χ0) is 11.1. The minimum absolute atomic E-state index is 0.991. The minimum Gasteiger partial charge on any atom is -0.319 e. The summed E-state index contributed by atoms with van der Waals surface area (Å²) >= 11 is 0. The quantitative estimate of drug-likeness (QED) is 0.643. The first-order valence-corrected chi connectivity index (χ1v) is 6.96. The molecular formula is C14H29N. The van der Waals surface area contributed by atoms with E-state index in [9.17, 15) is 0 Å². The van der Waals surface area contributed by atoms with Gasteiger partial charge in [0.15, 0.2) is 0 Å². The van der Waals surface area contributed by atoms with Crippen molar-refractivity contribution in [2.45, 2.75) is 58.8 Å². The van der Waals surface area contributed by atoms with Gasteiger partial charge in [0.2, 0.25) is 0 Å². The van der Waals surface area contributed by atoms with Crippen LogP contribution in [0.3, 0.4) is 0 Å². The number of hydrogen-bond donors (Lipinski definition) is 1. The largest absolute Gasteiger partial charge is 0.319 e. The predicted octanol–water partition coefficient (Wildman–Crippen LogP) is 3.84. The van der Waals surface area contributed by atoms with Crippen molar-refractivity contribution in [1.82, 2.24) is 5.32 Å². The van der Waals surface area contributed by atoms with Crippen LogP contribution in [-0.2, 0) is 0 Å². The molecule has 0 aromatic heterocycles. The van der Waals surface area contributed by atoms with Crippen molar-refractivity contribution < 1.29 is 0 Å². The summed E-state index contributed by atoms with van der Waals surface area (Å²) in [5, 5.41) is 3.33. The van der Waals surface area contributed by atoms with Crippen LogP contribution in [-0.4, -0.2) is 13.6 Å². The molecule has 3 atom stereocenters. The fourth-order valence-corrected chi connectivity index (χ4v) is 2.89. The number of nitrogens with one attached hydrogen (secondary N) is 1. The zero-order valence-electron chi connectivity index (χ0n) is 10.9. The molecule has 1 nitrogen and oxygen atoms in total. The Bertz CT molecular complexity index is 153. The van der Waals surface area contributed by atoms with Crippen LogP contribution in [0, 0.1) is 17.8 Å².